The molecule has 0 bridgehead atoms. The number of rotatable bonds is 4. The molecule has 0 saturated carbocycles. The molecule has 92 valence electrons. The van der Waals surface area contributed by atoms with Gasteiger partial charge >= 0.3 is 6.03 Å². The molecule has 0 heterocycles. The Hall–Kier alpha value is -1.48. The number of urea groups is 1. The molecule has 0 aliphatic rings. The monoisotopic (exact) mass is 252 g/mol. The van der Waals surface area contributed by atoms with E-state index in [-0.39, 0.29) is 6.03 Å². The first-order valence-corrected chi connectivity index (χ1v) is 5.76. The van der Waals surface area contributed by atoms with Gasteiger partial charge in [0.2, 0.25) is 0 Å². The Bertz CT molecular complexity index is 416. The van der Waals surface area contributed by atoms with E-state index in [4.69, 9.17) is 11.6 Å². The summed E-state index contributed by atoms with van der Waals surface area (Å²) in [6.07, 6.45) is 1.63. The molecule has 0 radical (unpaired) electrons. The van der Waals surface area contributed by atoms with Crippen molar-refractivity contribution in [2.45, 2.75) is 19.4 Å². The SMILES string of the molecule is C=CCNC(=O)NC(C)(C)c1cccc(Cl)c1. The minimum absolute atomic E-state index is 0.227. The van der Waals surface area contributed by atoms with Gasteiger partial charge in [-0.3, -0.25) is 0 Å². The van der Waals surface area contributed by atoms with Crippen LogP contribution in [0.25, 0.3) is 0 Å². The molecule has 1 rings (SSSR count). The predicted octanol–water partition coefficient (Wildman–Crippen LogP) is 3.06. The van der Waals surface area contributed by atoms with Crippen LogP contribution >= 0.6 is 11.6 Å². The largest absolute Gasteiger partial charge is 0.335 e. The average molecular weight is 253 g/mol. The van der Waals surface area contributed by atoms with Gasteiger partial charge in [0.15, 0.2) is 0 Å². The van der Waals surface area contributed by atoms with Crippen LogP contribution in [0.15, 0.2) is 36.9 Å². The number of amides is 2. The third-order valence-corrected chi connectivity index (χ3v) is 2.61. The normalized spacial score (nSPS) is 10.8. The molecule has 1 aromatic carbocycles. The van der Waals surface area contributed by atoms with Crippen LogP contribution in [0.4, 0.5) is 4.79 Å². The van der Waals surface area contributed by atoms with Crippen molar-refractivity contribution in [3.05, 3.63) is 47.5 Å². The van der Waals surface area contributed by atoms with Gasteiger partial charge in [-0.25, -0.2) is 4.79 Å². The van der Waals surface area contributed by atoms with Gasteiger partial charge in [-0.15, -0.1) is 6.58 Å². The molecule has 0 aliphatic heterocycles. The fourth-order valence-corrected chi connectivity index (χ4v) is 1.63. The van der Waals surface area contributed by atoms with Crippen molar-refractivity contribution in [3.8, 4) is 0 Å². The summed E-state index contributed by atoms with van der Waals surface area (Å²) in [5.41, 5.74) is 0.481. The van der Waals surface area contributed by atoms with E-state index < -0.39 is 5.54 Å². The number of hydrogen-bond acceptors (Lipinski definition) is 1. The molecule has 2 amide bonds. The summed E-state index contributed by atoms with van der Waals surface area (Å²) >= 11 is 5.93. The van der Waals surface area contributed by atoms with Crippen molar-refractivity contribution in [1.29, 1.82) is 0 Å². The van der Waals surface area contributed by atoms with Crippen molar-refractivity contribution in [2.24, 2.45) is 0 Å². The Morgan fingerprint density at radius 3 is 2.82 bits per heavy atom. The van der Waals surface area contributed by atoms with E-state index in [0.717, 1.165) is 5.56 Å². The summed E-state index contributed by atoms with van der Waals surface area (Å²) < 4.78 is 0. The third-order valence-electron chi connectivity index (χ3n) is 2.38. The lowest BCUT2D eigenvalue weighted by molar-refractivity contribution is 0.231. The molecule has 0 spiro atoms. The minimum atomic E-state index is -0.476. The van der Waals surface area contributed by atoms with Gasteiger partial charge in [0, 0.05) is 11.6 Å². The second kappa shape index (κ2) is 5.73. The summed E-state index contributed by atoms with van der Waals surface area (Å²) in [5.74, 6) is 0. The lowest BCUT2D eigenvalue weighted by Gasteiger charge is -2.27. The molecule has 2 N–H and O–H groups in total. The van der Waals surface area contributed by atoms with Gasteiger partial charge in [0.25, 0.3) is 0 Å². The summed E-state index contributed by atoms with van der Waals surface area (Å²) in [7, 11) is 0. The van der Waals surface area contributed by atoms with Crippen LogP contribution in [-0.4, -0.2) is 12.6 Å². The van der Waals surface area contributed by atoms with E-state index in [1.807, 2.05) is 32.0 Å². The first kappa shape index (κ1) is 13.6. The molecule has 0 saturated heterocycles. The Morgan fingerprint density at radius 2 is 2.24 bits per heavy atom. The summed E-state index contributed by atoms with van der Waals surface area (Å²) in [6.45, 7) is 7.83. The molecule has 3 nitrogen and oxygen atoms in total. The lowest BCUT2D eigenvalue weighted by Crippen LogP contribution is -2.46. The van der Waals surface area contributed by atoms with Gasteiger partial charge in [0.1, 0.15) is 0 Å². The molecule has 1 aromatic rings. The maximum absolute atomic E-state index is 11.6. The zero-order valence-electron chi connectivity index (χ0n) is 10.1. The highest BCUT2D eigenvalue weighted by Crippen LogP contribution is 2.22. The Labute approximate surface area is 107 Å². The highest BCUT2D eigenvalue weighted by atomic mass is 35.5. The van der Waals surface area contributed by atoms with Gasteiger partial charge in [0.05, 0.1) is 5.54 Å². The van der Waals surface area contributed by atoms with Crippen molar-refractivity contribution < 1.29 is 4.79 Å². The van der Waals surface area contributed by atoms with Crippen LogP contribution in [0, 0.1) is 0 Å². The van der Waals surface area contributed by atoms with Gasteiger partial charge < -0.3 is 10.6 Å². The number of nitrogens with one attached hydrogen (secondary N) is 2. The first-order valence-electron chi connectivity index (χ1n) is 5.38. The average Bonchev–Trinajstić information content (AvgIpc) is 2.26. The molecule has 17 heavy (non-hydrogen) atoms. The predicted molar refractivity (Wildman–Crippen MR) is 71.2 cm³/mol. The van der Waals surface area contributed by atoms with Gasteiger partial charge in [-0.1, -0.05) is 29.8 Å². The van der Waals surface area contributed by atoms with Gasteiger partial charge in [-0.05, 0) is 31.5 Å². The van der Waals surface area contributed by atoms with Crippen LogP contribution < -0.4 is 10.6 Å². The zero-order valence-corrected chi connectivity index (χ0v) is 10.8. The molecule has 0 fully saturated rings. The van der Waals surface area contributed by atoms with Crippen LogP contribution in [0.2, 0.25) is 5.02 Å². The van der Waals surface area contributed by atoms with E-state index in [0.29, 0.717) is 11.6 Å². The minimum Gasteiger partial charge on any atom is -0.335 e. The number of carbonyl (C=O) groups excluding carboxylic acids is 1. The van der Waals surface area contributed by atoms with Crippen molar-refractivity contribution in [3.63, 3.8) is 0 Å². The molecule has 0 aromatic heterocycles. The highest BCUT2D eigenvalue weighted by molar-refractivity contribution is 6.30. The maximum atomic E-state index is 11.6. The Balaban J connectivity index is 2.74. The smallest absolute Gasteiger partial charge is 0.315 e. The quantitative estimate of drug-likeness (QED) is 0.795. The Morgan fingerprint density at radius 1 is 1.53 bits per heavy atom. The first-order chi connectivity index (χ1) is 7.95. The van der Waals surface area contributed by atoms with Crippen LogP contribution in [-0.2, 0) is 5.54 Å². The van der Waals surface area contributed by atoms with E-state index in [9.17, 15) is 4.79 Å². The van der Waals surface area contributed by atoms with Gasteiger partial charge in [-0.2, -0.15) is 0 Å². The summed E-state index contributed by atoms with van der Waals surface area (Å²) in [4.78, 5) is 11.6. The number of halogens is 1. The molecule has 0 aliphatic carbocycles. The van der Waals surface area contributed by atoms with E-state index in [1.54, 1.807) is 12.1 Å². The van der Waals surface area contributed by atoms with Crippen LogP contribution in [0.1, 0.15) is 19.4 Å². The van der Waals surface area contributed by atoms with Crippen LogP contribution in [0.5, 0.6) is 0 Å². The topological polar surface area (TPSA) is 41.1 Å². The fourth-order valence-electron chi connectivity index (χ4n) is 1.44. The number of hydrogen-bond donors (Lipinski definition) is 2. The van der Waals surface area contributed by atoms with Crippen LogP contribution in [0.3, 0.4) is 0 Å². The molecule has 4 heteroatoms. The standard InChI is InChI=1S/C13H17ClN2O/c1-4-8-15-12(17)16-13(2,3)10-6-5-7-11(14)9-10/h4-7,9H,1,8H2,2-3H3,(H2,15,16,17). The third kappa shape index (κ3) is 4.11. The van der Waals surface area contributed by atoms with E-state index in [1.165, 1.54) is 0 Å². The molecular weight excluding hydrogens is 236 g/mol. The van der Waals surface area contributed by atoms with Crippen molar-refractivity contribution in [2.75, 3.05) is 6.54 Å². The Kier molecular flexibility index (Phi) is 4.58. The second-order valence-electron chi connectivity index (χ2n) is 4.26. The molecule has 0 unspecified atom stereocenters. The second-order valence-corrected chi connectivity index (χ2v) is 4.70. The van der Waals surface area contributed by atoms with Crippen molar-refractivity contribution >= 4 is 17.6 Å². The number of benzene rings is 1. The lowest BCUT2D eigenvalue weighted by atomic mass is 9.94. The molecular formula is C13H17ClN2O. The summed E-state index contributed by atoms with van der Waals surface area (Å²) in [5, 5.41) is 6.21. The fraction of sp³-hybridized carbons (Fsp3) is 0.308. The zero-order chi connectivity index (χ0) is 12.9. The molecule has 0 atom stereocenters. The van der Waals surface area contributed by atoms with E-state index >= 15 is 0 Å². The highest BCUT2D eigenvalue weighted by Gasteiger charge is 2.22. The maximum Gasteiger partial charge on any atom is 0.315 e. The summed E-state index contributed by atoms with van der Waals surface area (Å²) in [6, 6.07) is 7.21. The number of carbonyl (C=O) groups is 1. The van der Waals surface area contributed by atoms with E-state index in [2.05, 4.69) is 17.2 Å². The van der Waals surface area contributed by atoms with Crippen molar-refractivity contribution in [1.82, 2.24) is 10.6 Å².